The average molecular weight is 248 g/mol. The molecule has 1 heterocycles. The Balaban J connectivity index is 2.51. The van der Waals surface area contributed by atoms with Crippen LogP contribution in [0.3, 0.4) is 0 Å². The second-order valence-electron chi connectivity index (χ2n) is 3.52. The van der Waals surface area contributed by atoms with Gasteiger partial charge in [-0.15, -0.1) is 0 Å². The number of ether oxygens (including phenoxy) is 1. The van der Waals surface area contributed by atoms with Gasteiger partial charge in [0.1, 0.15) is 12.0 Å². The predicted octanol–water partition coefficient (Wildman–Crippen LogP) is 2.80. The van der Waals surface area contributed by atoms with E-state index >= 15 is 0 Å². The van der Waals surface area contributed by atoms with Gasteiger partial charge in [0.15, 0.2) is 0 Å². The summed E-state index contributed by atoms with van der Waals surface area (Å²) < 4.78 is 18.0. The zero-order valence-corrected chi connectivity index (χ0v) is 9.46. The Morgan fingerprint density at radius 1 is 1.33 bits per heavy atom. The summed E-state index contributed by atoms with van der Waals surface area (Å²) in [7, 11) is 1.32. The first kappa shape index (κ1) is 12.0. The fourth-order valence-corrected chi connectivity index (χ4v) is 1.55. The van der Waals surface area contributed by atoms with Crippen molar-refractivity contribution in [2.24, 2.45) is 0 Å². The second-order valence-corrected chi connectivity index (χ2v) is 3.52. The van der Waals surface area contributed by atoms with Crippen molar-refractivity contribution < 1.29 is 14.1 Å². The largest absolute Gasteiger partial charge is 0.489 e. The highest BCUT2D eigenvalue weighted by Gasteiger charge is 2.17. The van der Waals surface area contributed by atoms with Crippen molar-refractivity contribution in [2.45, 2.75) is 0 Å². The summed E-state index contributed by atoms with van der Waals surface area (Å²) in [5.74, 6) is -0.704. The van der Waals surface area contributed by atoms with Crippen LogP contribution < -0.4 is 4.74 Å². The van der Waals surface area contributed by atoms with Crippen LogP contribution >= 0.6 is 0 Å². The van der Waals surface area contributed by atoms with Crippen molar-refractivity contribution in [3.63, 3.8) is 0 Å². The molecule has 1 aromatic heterocycles. The van der Waals surface area contributed by atoms with Gasteiger partial charge in [-0.2, -0.15) is 0 Å². The molecule has 0 amide bonds. The van der Waals surface area contributed by atoms with Gasteiger partial charge < -0.3 is 14.9 Å². The molecule has 0 spiro atoms. The van der Waals surface area contributed by atoms with Crippen molar-refractivity contribution in [1.29, 1.82) is 0 Å². The summed E-state index contributed by atoms with van der Waals surface area (Å²) in [4.78, 5) is 13.8. The van der Waals surface area contributed by atoms with E-state index in [1.165, 1.54) is 31.5 Å². The number of hydrogen-bond donors (Lipinski definition) is 0. The molecule has 0 unspecified atom stereocenters. The Hall–Kier alpha value is -2.50. The number of rotatable bonds is 3. The van der Waals surface area contributed by atoms with Gasteiger partial charge in [-0.1, -0.05) is 12.1 Å². The van der Waals surface area contributed by atoms with Gasteiger partial charge in [0.05, 0.1) is 7.11 Å². The number of aromatic nitrogens is 1. The molecule has 0 aliphatic heterocycles. The topological polar surface area (TPSA) is 65.3 Å². The Morgan fingerprint density at radius 3 is 2.72 bits per heavy atom. The van der Waals surface area contributed by atoms with Crippen LogP contribution in [0.15, 0.2) is 36.5 Å². The Bertz CT molecular complexity index is 602. The fourth-order valence-electron chi connectivity index (χ4n) is 1.55. The van der Waals surface area contributed by atoms with Crippen molar-refractivity contribution in [1.82, 2.24) is 4.98 Å². The lowest BCUT2D eigenvalue weighted by atomic mass is 10.1. The summed E-state index contributed by atoms with van der Waals surface area (Å²) in [5.41, 5.74) is 1.13. The molecule has 2 rings (SSSR count). The van der Waals surface area contributed by atoms with E-state index in [0.29, 0.717) is 11.1 Å². The summed E-state index contributed by atoms with van der Waals surface area (Å²) in [6.07, 6.45) is 1.31. The Kier molecular flexibility index (Phi) is 3.18. The van der Waals surface area contributed by atoms with Crippen LogP contribution in [0, 0.1) is 15.9 Å². The third-order valence-corrected chi connectivity index (χ3v) is 2.38. The molecule has 0 aliphatic carbocycles. The molecule has 0 N–H and O–H groups in total. The normalized spacial score (nSPS) is 10.1. The smallest absolute Gasteiger partial charge is 0.406 e. The lowest BCUT2D eigenvalue weighted by Crippen LogP contribution is -1.97. The van der Waals surface area contributed by atoms with Crippen LogP contribution in [0.1, 0.15) is 0 Å². The van der Waals surface area contributed by atoms with E-state index in [2.05, 4.69) is 4.98 Å². The van der Waals surface area contributed by atoms with E-state index in [9.17, 15) is 14.5 Å². The van der Waals surface area contributed by atoms with Gasteiger partial charge in [0.25, 0.3) is 0 Å². The number of nitro groups is 1. The highest BCUT2D eigenvalue weighted by Crippen LogP contribution is 2.29. The minimum atomic E-state index is -0.631. The average Bonchev–Trinajstić information content (AvgIpc) is 2.37. The molecule has 0 bridgehead atoms. The van der Waals surface area contributed by atoms with Crippen LogP contribution in [0.5, 0.6) is 5.75 Å². The third-order valence-electron chi connectivity index (χ3n) is 2.38. The summed E-state index contributed by atoms with van der Waals surface area (Å²) >= 11 is 0. The molecular weight excluding hydrogens is 239 g/mol. The first-order valence-electron chi connectivity index (χ1n) is 5.06. The molecule has 0 atom stereocenters. The zero-order chi connectivity index (χ0) is 13.1. The van der Waals surface area contributed by atoms with Crippen LogP contribution in [0.25, 0.3) is 11.1 Å². The van der Waals surface area contributed by atoms with E-state index in [-0.39, 0.29) is 17.4 Å². The number of nitrogens with zero attached hydrogens (tertiary/aromatic N) is 2. The van der Waals surface area contributed by atoms with Gasteiger partial charge in [-0.3, -0.25) is 0 Å². The van der Waals surface area contributed by atoms with Crippen LogP contribution in [0.2, 0.25) is 0 Å². The minimum Gasteiger partial charge on any atom is -0.489 e. The molecule has 0 saturated carbocycles. The maximum atomic E-state index is 13.1. The van der Waals surface area contributed by atoms with E-state index < -0.39 is 4.92 Å². The molecule has 0 fully saturated rings. The molecule has 1 aromatic carbocycles. The molecule has 18 heavy (non-hydrogen) atoms. The molecule has 0 radical (unpaired) electrons. The van der Waals surface area contributed by atoms with Crippen molar-refractivity contribution in [3.05, 3.63) is 52.5 Å². The highest BCUT2D eigenvalue weighted by molar-refractivity contribution is 5.66. The van der Waals surface area contributed by atoms with Crippen molar-refractivity contribution >= 4 is 5.82 Å². The third kappa shape index (κ3) is 2.27. The van der Waals surface area contributed by atoms with E-state index in [1.807, 2.05) is 0 Å². The minimum absolute atomic E-state index is 0.0433. The van der Waals surface area contributed by atoms with Crippen molar-refractivity contribution in [2.75, 3.05) is 7.11 Å². The first-order valence-corrected chi connectivity index (χ1v) is 5.06. The van der Waals surface area contributed by atoms with Crippen LogP contribution in [-0.4, -0.2) is 17.0 Å². The maximum absolute atomic E-state index is 13.1. The maximum Gasteiger partial charge on any atom is 0.406 e. The number of hydrogen-bond acceptors (Lipinski definition) is 4. The summed E-state index contributed by atoms with van der Waals surface area (Å²) in [6.45, 7) is 0. The first-order chi connectivity index (χ1) is 8.61. The SMILES string of the molecule is COc1cc(-c2cccc(F)c2)cnc1[N+](=O)[O-]. The summed E-state index contributed by atoms with van der Waals surface area (Å²) in [6, 6.07) is 7.34. The highest BCUT2D eigenvalue weighted by atomic mass is 19.1. The fraction of sp³-hybridized carbons (Fsp3) is 0.0833. The number of halogens is 1. The standard InChI is InChI=1S/C12H9FN2O3/c1-18-11-6-9(7-14-12(11)15(16)17)8-3-2-4-10(13)5-8/h2-7H,1H3. The van der Waals surface area contributed by atoms with Gasteiger partial charge in [-0.25, -0.2) is 4.39 Å². The van der Waals surface area contributed by atoms with Gasteiger partial charge in [-0.05, 0) is 27.6 Å². The zero-order valence-electron chi connectivity index (χ0n) is 9.46. The number of benzene rings is 1. The van der Waals surface area contributed by atoms with E-state index in [1.54, 1.807) is 12.1 Å². The molecule has 6 heteroatoms. The Morgan fingerprint density at radius 2 is 2.11 bits per heavy atom. The monoisotopic (exact) mass is 248 g/mol. The van der Waals surface area contributed by atoms with Crippen LogP contribution in [-0.2, 0) is 0 Å². The number of pyridine rings is 1. The lowest BCUT2D eigenvalue weighted by molar-refractivity contribution is -0.390. The van der Waals surface area contributed by atoms with Crippen molar-refractivity contribution in [3.8, 4) is 16.9 Å². The number of methoxy groups -OCH3 is 1. The molecule has 2 aromatic rings. The second kappa shape index (κ2) is 4.79. The Labute approximate surface area is 102 Å². The molecule has 92 valence electrons. The molecule has 0 aliphatic rings. The quantitative estimate of drug-likeness (QED) is 0.618. The van der Waals surface area contributed by atoms with Crippen LogP contribution in [0.4, 0.5) is 10.2 Å². The lowest BCUT2D eigenvalue weighted by Gasteiger charge is -2.04. The van der Waals surface area contributed by atoms with Gasteiger partial charge >= 0.3 is 5.82 Å². The molecule has 0 saturated heterocycles. The molecular formula is C12H9FN2O3. The summed E-state index contributed by atoms with van der Waals surface area (Å²) in [5, 5.41) is 10.7. The molecule has 5 nitrogen and oxygen atoms in total. The predicted molar refractivity (Wildman–Crippen MR) is 62.8 cm³/mol. The van der Waals surface area contributed by atoms with E-state index in [0.717, 1.165) is 0 Å². The van der Waals surface area contributed by atoms with Gasteiger partial charge in [0.2, 0.25) is 5.75 Å². The van der Waals surface area contributed by atoms with Gasteiger partial charge in [0, 0.05) is 11.6 Å². The van der Waals surface area contributed by atoms with E-state index in [4.69, 9.17) is 4.74 Å².